The van der Waals surface area contributed by atoms with Gasteiger partial charge >= 0.3 is 5.97 Å². The van der Waals surface area contributed by atoms with Crippen LogP contribution in [-0.2, 0) is 6.54 Å². The summed E-state index contributed by atoms with van der Waals surface area (Å²) in [5, 5.41) is 8.49. The summed E-state index contributed by atoms with van der Waals surface area (Å²) in [6, 6.07) is 0.745. The van der Waals surface area contributed by atoms with E-state index in [2.05, 4.69) is 4.98 Å². The van der Waals surface area contributed by atoms with Crippen LogP contribution in [0.5, 0.6) is 0 Å². The first-order chi connectivity index (χ1) is 6.97. The first-order valence-electron chi connectivity index (χ1n) is 3.88. The van der Waals surface area contributed by atoms with Crippen molar-refractivity contribution in [2.75, 3.05) is 0 Å². The Morgan fingerprint density at radius 1 is 1.67 bits per heavy atom. The van der Waals surface area contributed by atoms with E-state index >= 15 is 0 Å². The van der Waals surface area contributed by atoms with Gasteiger partial charge in [0.25, 0.3) is 6.43 Å². The number of alkyl halides is 2. The summed E-state index contributed by atoms with van der Waals surface area (Å²) in [5.41, 5.74) is 4.10. The van der Waals surface area contributed by atoms with Crippen molar-refractivity contribution in [2.45, 2.75) is 13.0 Å². The molecule has 0 saturated carbocycles. The molecule has 1 heterocycles. The summed E-state index contributed by atoms with van der Waals surface area (Å²) in [6.07, 6.45) is -2.86. The number of aromatic carboxylic acids is 1. The molecule has 7 heteroatoms. The fourth-order valence-electron chi connectivity index (χ4n) is 1.01. The van der Waals surface area contributed by atoms with Crippen LogP contribution in [0.4, 0.5) is 8.78 Å². The molecule has 0 aliphatic carbocycles. The monoisotopic (exact) mass is 236 g/mol. The Hall–Kier alpha value is -1.27. The number of pyridine rings is 1. The highest BCUT2D eigenvalue weighted by molar-refractivity contribution is 6.34. The van der Waals surface area contributed by atoms with Gasteiger partial charge in [0.05, 0.1) is 16.3 Å². The summed E-state index contributed by atoms with van der Waals surface area (Å²) in [5.74, 6) is -1.39. The van der Waals surface area contributed by atoms with Crippen LogP contribution in [0.3, 0.4) is 0 Å². The lowest BCUT2D eigenvalue weighted by Crippen LogP contribution is -2.09. The topological polar surface area (TPSA) is 76.2 Å². The number of aromatic nitrogens is 1. The van der Waals surface area contributed by atoms with Crippen LogP contribution < -0.4 is 5.73 Å². The van der Waals surface area contributed by atoms with Crippen molar-refractivity contribution in [1.29, 1.82) is 0 Å². The van der Waals surface area contributed by atoms with E-state index in [1.807, 2.05) is 0 Å². The molecule has 0 aromatic carbocycles. The summed E-state index contributed by atoms with van der Waals surface area (Å²) in [6.45, 7) is -0.195. The predicted octanol–water partition coefficient (Wildman–Crippen LogP) is 1.83. The summed E-state index contributed by atoms with van der Waals surface area (Å²) < 4.78 is 24.6. The number of halogens is 3. The van der Waals surface area contributed by atoms with E-state index in [-0.39, 0.29) is 17.3 Å². The molecule has 0 bridgehead atoms. The van der Waals surface area contributed by atoms with Gasteiger partial charge < -0.3 is 10.8 Å². The van der Waals surface area contributed by atoms with Crippen molar-refractivity contribution in [3.63, 3.8) is 0 Å². The van der Waals surface area contributed by atoms with E-state index in [0.717, 1.165) is 6.07 Å². The van der Waals surface area contributed by atoms with Crippen LogP contribution in [0.15, 0.2) is 6.07 Å². The standard InChI is InChI=1S/C8H7ClF2N2O2/c9-6-3(8(14)15)1-4(7(10)11)13-5(6)2-12/h1,7H,2,12H2,(H,14,15). The van der Waals surface area contributed by atoms with Gasteiger partial charge in [-0.15, -0.1) is 0 Å². The SMILES string of the molecule is NCc1nc(C(F)F)cc(C(=O)O)c1Cl. The third-order valence-corrected chi connectivity index (χ3v) is 2.12. The molecule has 0 aliphatic heterocycles. The van der Waals surface area contributed by atoms with Gasteiger partial charge in [-0.3, -0.25) is 0 Å². The van der Waals surface area contributed by atoms with E-state index < -0.39 is 23.7 Å². The van der Waals surface area contributed by atoms with Gasteiger partial charge in [0.2, 0.25) is 0 Å². The van der Waals surface area contributed by atoms with Gasteiger partial charge in [-0.1, -0.05) is 11.6 Å². The maximum absolute atomic E-state index is 12.3. The highest BCUT2D eigenvalue weighted by atomic mass is 35.5. The van der Waals surface area contributed by atoms with Crippen LogP contribution >= 0.6 is 11.6 Å². The van der Waals surface area contributed by atoms with Crippen LogP contribution in [0.25, 0.3) is 0 Å². The van der Waals surface area contributed by atoms with Gasteiger partial charge in [0.15, 0.2) is 0 Å². The second-order valence-electron chi connectivity index (χ2n) is 2.67. The Balaban J connectivity index is 3.38. The molecule has 1 aromatic rings. The second-order valence-corrected chi connectivity index (χ2v) is 3.04. The molecular formula is C8H7ClF2N2O2. The predicted molar refractivity (Wildman–Crippen MR) is 49.1 cm³/mol. The second kappa shape index (κ2) is 4.50. The first-order valence-corrected chi connectivity index (χ1v) is 4.26. The Morgan fingerprint density at radius 2 is 2.27 bits per heavy atom. The molecule has 1 rings (SSSR count). The third kappa shape index (κ3) is 2.40. The maximum atomic E-state index is 12.3. The summed E-state index contributed by atoms with van der Waals surface area (Å²) in [4.78, 5) is 14.1. The Kier molecular flexibility index (Phi) is 3.54. The zero-order valence-corrected chi connectivity index (χ0v) is 8.13. The van der Waals surface area contributed by atoms with Crippen LogP contribution in [0, 0.1) is 0 Å². The molecule has 0 aliphatic rings. The highest BCUT2D eigenvalue weighted by Crippen LogP contribution is 2.25. The number of carbonyl (C=O) groups is 1. The molecule has 0 atom stereocenters. The fourth-order valence-corrected chi connectivity index (χ4v) is 1.26. The van der Waals surface area contributed by atoms with E-state index in [4.69, 9.17) is 22.4 Å². The molecule has 15 heavy (non-hydrogen) atoms. The van der Waals surface area contributed by atoms with Crippen LogP contribution in [0.2, 0.25) is 5.02 Å². The van der Waals surface area contributed by atoms with Gasteiger partial charge in [-0.25, -0.2) is 18.6 Å². The van der Waals surface area contributed by atoms with E-state index in [0.29, 0.717) is 0 Å². The average Bonchev–Trinajstić information content (AvgIpc) is 2.17. The highest BCUT2D eigenvalue weighted by Gasteiger charge is 2.19. The molecule has 1 aromatic heterocycles. The lowest BCUT2D eigenvalue weighted by atomic mass is 10.2. The number of hydrogen-bond donors (Lipinski definition) is 2. The minimum absolute atomic E-state index is 0.0492. The van der Waals surface area contributed by atoms with E-state index in [1.165, 1.54) is 0 Å². The zero-order chi connectivity index (χ0) is 11.6. The summed E-state index contributed by atoms with van der Waals surface area (Å²) >= 11 is 5.61. The fraction of sp³-hybridized carbons (Fsp3) is 0.250. The Morgan fingerprint density at radius 3 is 2.67 bits per heavy atom. The first kappa shape index (κ1) is 11.8. The van der Waals surface area contributed by atoms with Crippen molar-refractivity contribution in [3.8, 4) is 0 Å². The lowest BCUT2D eigenvalue weighted by molar-refractivity contribution is 0.0696. The number of nitrogens with zero attached hydrogens (tertiary/aromatic N) is 1. The molecule has 82 valence electrons. The largest absolute Gasteiger partial charge is 0.478 e. The number of nitrogens with two attached hydrogens (primary N) is 1. The molecule has 0 fully saturated rings. The van der Waals surface area contributed by atoms with Crippen molar-refractivity contribution in [3.05, 3.63) is 28.0 Å². The van der Waals surface area contributed by atoms with Gasteiger partial charge in [0.1, 0.15) is 5.69 Å². The minimum atomic E-state index is -2.86. The average molecular weight is 237 g/mol. The number of rotatable bonds is 3. The van der Waals surface area contributed by atoms with Gasteiger partial charge in [-0.05, 0) is 6.07 Å². The molecule has 0 amide bonds. The van der Waals surface area contributed by atoms with Gasteiger partial charge in [-0.2, -0.15) is 0 Å². The van der Waals surface area contributed by atoms with E-state index in [1.54, 1.807) is 0 Å². The Labute approximate surface area is 88.7 Å². The van der Waals surface area contributed by atoms with Crippen LogP contribution in [-0.4, -0.2) is 16.1 Å². The molecular weight excluding hydrogens is 230 g/mol. The van der Waals surface area contributed by atoms with Crippen molar-refractivity contribution >= 4 is 17.6 Å². The lowest BCUT2D eigenvalue weighted by Gasteiger charge is -2.07. The van der Waals surface area contributed by atoms with Gasteiger partial charge in [0, 0.05) is 6.54 Å². The maximum Gasteiger partial charge on any atom is 0.337 e. The molecule has 0 saturated heterocycles. The molecule has 0 unspecified atom stereocenters. The van der Waals surface area contributed by atoms with E-state index in [9.17, 15) is 13.6 Å². The molecule has 3 N–H and O–H groups in total. The smallest absolute Gasteiger partial charge is 0.337 e. The molecule has 0 spiro atoms. The number of carboxylic acid groups (broad SMARTS) is 1. The van der Waals surface area contributed by atoms with Crippen molar-refractivity contribution < 1.29 is 18.7 Å². The number of carboxylic acids is 1. The molecule has 4 nitrogen and oxygen atoms in total. The molecule has 0 radical (unpaired) electrons. The van der Waals surface area contributed by atoms with Crippen molar-refractivity contribution in [2.24, 2.45) is 5.73 Å². The zero-order valence-electron chi connectivity index (χ0n) is 7.38. The Bertz CT molecular complexity index is 398. The van der Waals surface area contributed by atoms with Crippen LogP contribution in [0.1, 0.15) is 28.2 Å². The minimum Gasteiger partial charge on any atom is -0.478 e. The number of hydrogen-bond acceptors (Lipinski definition) is 3. The third-order valence-electron chi connectivity index (χ3n) is 1.69. The quantitative estimate of drug-likeness (QED) is 0.839. The van der Waals surface area contributed by atoms with Crippen molar-refractivity contribution in [1.82, 2.24) is 4.98 Å². The normalized spacial score (nSPS) is 10.7. The summed E-state index contributed by atoms with van der Waals surface area (Å²) in [7, 11) is 0.